The van der Waals surface area contributed by atoms with Crippen LogP contribution in [0.25, 0.3) is 0 Å². The molecule has 2 saturated carbocycles. The average molecular weight is 150 g/mol. The van der Waals surface area contributed by atoms with Crippen LogP contribution in [0.5, 0.6) is 0 Å². The minimum Gasteiger partial charge on any atom is -0.396 e. The minimum absolute atomic E-state index is 0.397. The van der Waals surface area contributed by atoms with Gasteiger partial charge in [0.05, 0.1) is 0 Å². The summed E-state index contributed by atoms with van der Waals surface area (Å²) in [6, 6.07) is 0. The van der Waals surface area contributed by atoms with Crippen LogP contribution in [0.4, 0.5) is 0 Å². The third-order valence-corrected chi connectivity index (χ3v) is 4.38. The van der Waals surface area contributed by atoms with Gasteiger partial charge in [-0.2, -0.15) is 0 Å². The summed E-state index contributed by atoms with van der Waals surface area (Å²) in [4.78, 5) is 0. The molecule has 0 aromatic carbocycles. The molecule has 11 heavy (non-hydrogen) atoms. The Kier molecular flexibility index (Phi) is 0.885. The largest absolute Gasteiger partial charge is 0.396 e. The topological polar surface area (TPSA) is 20.2 Å². The monoisotopic (exact) mass is 150 g/mol. The van der Waals surface area contributed by atoms with E-state index in [1.807, 2.05) is 0 Å². The van der Waals surface area contributed by atoms with Gasteiger partial charge in [0.15, 0.2) is 0 Å². The highest BCUT2D eigenvalue weighted by Gasteiger charge is 2.71. The van der Waals surface area contributed by atoms with E-state index < -0.39 is 0 Å². The Hall–Kier alpha value is -0.300. The van der Waals surface area contributed by atoms with Crippen LogP contribution in [-0.2, 0) is 0 Å². The standard InChI is InChI=1S/C10H14O/c1-10-7-2-3-8(10)9(10)4-6(7)5-11/h2-3,6-9,11H,4-5H2,1H3/t6-,7?,8+,9+,10?/m1/s1. The molecule has 0 heterocycles. The highest BCUT2D eigenvalue weighted by molar-refractivity contribution is 5.32. The lowest BCUT2D eigenvalue weighted by molar-refractivity contribution is 0.183. The summed E-state index contributed by atoms with van der Waals surface area (Å²) < 4.78 is 0. The number of rotatable bonds is 1. The molecule has 1 nitrogen and oxygen atoms in total. The average Bonchev–Trinajstić information content (AvgIpc) is 2.33. The number of allylic oxidation sites excluding steroid dienone is 2. The molecule has 0 aromatic heterocycles. The number of aliphatic hydroxyl groups excluding tert-OH is 1. The normalized spacial score (nSPS) is 63.5. The van der Waals surface area contributed by atoms with E-state index in [9.17, 15) is 0 Å². The Morgan fingerprint density at radius 3 is 2.82 bits per heavy atom. The third-order valence-electron chi connectivity index (χ3n) is 4.38. The van der Waals surface area contributed by atoms with Crippen molar-refractivity contribution in [2.45, 2.75) is 13.3 Å². The number of fused-ring (bicyclic) bond motifs is 1. The minimum atomic E-state index is 0.397. The SMILES string of the molecule is CC12C3C=C[C@H]1[C@@H]2C[C@@H]3CO. The zero-order chi connectivity index (χ0) is 7.64. The maximum Gasteiger partial charge on any atom is 0.0465 e. The lowest BCUT2D eigenvalue weighted by Gasteiger charge is -2.19. The number of hydrogen-bond donors (Lipinski definition) is 1. The van der Waals surface area contributed by atoms with E-state index in [2.05, 4.69) is 19.1 Å². The van der Waals surface area contributed by atoms with Gasteiger partial charge in [-0.05, 0) is 35.5 Å². The van der Waals surface area contributed by atoms with Crippen molar-refractivity contribution in [3.05, 3.63) is 12.2 Å². The number of hydrogen-bond acceptors (Lipinski definition) is 1. The molecule has 0 amide bonds. The predicted octanol–water partition coefficient (Wildman–Crippen LogP) is 1.44. The molecule has 1 heteroatoms. The fourth-order valence-corrected chi connectivity index (χ4v) is 3.64. The molecule has 0 saturated heterocycles. The second-order valence-electron chi connectivity index (χ2n) is 4.59. The molecule has 5 atom stereocenters. The van der Waals surface area contributed by atoms with Gasteiger partial charge in [0.1, 0.15) is 0 Å². The van der Waals surface area contributed by atoms with Gasteiger partial charge in [-0.25, -0.2) is 0 Å². The molecule has 0 bridgehead atoms. The molecular weight excluding hydrogens is 136 g/mol. The summed E-state index contributed by atoms with van der Waals surface area (Å²) in [7, 11) is 0. The Morgan fingerprint density at radius 1 is 1.45 bits per heavy atom. The second kappa shape index (κ2) is 1.56. The van der Waals surface area contributed by atoms with Gasteiger partial charge in [-0.15, -0.1) is 0 Å². The molecule has 3 rings (SSSR count). The third kappa shape index (κ3) is 0.478. The fourth-order valence-electron chi connectivity index (χ4n) is 3.64. The molecule has 0 aromatic rings. The van der Waals surface area contributed by atoms with Crippen LogP contribution < -0.4 is 0 Å². The maximum atomic E-state index is 9.10. The van der Waals surface area contributed by atoms with Crippen molar-refractivity contribution in [3.8, 4) is 0 Å². The first-order valence-corrected chi connectivity index (χ1v) is 4.57. The smallest absolute Gasteiger partial charge is 0.0465 e. The van der Waals surface area contributed by atoms with Crippen molar-refractivity contribution in [2.24, 2.45) is 29.1 Å². The van der Waals surface area contributed by atoms with Gasteiger partial charge in [0, 0.05) is 6.61 Å². The van der Waals surface area contributed by atoms with E-state index in [-0.39, 0.29) is 0 Å². The predicted molar refractivity (Wildman–Crippen MR) is 42.9 cm³/mol. The first-order valence-electron chi connectivity index (χ1n) is 4.57. The molecule has 3 aliphatic rings. The van der Waals surface area contributed by atoms with Gasteiger partial charge in [-0.1, -0.05) is 19.1 Å². The van der Waals surface area contributed by atoms with Crippen molar-refractivity contribution in [3.63, 3.8) is 0 Å². The van der Waals surface area contributed by atoms with Crippen LogP contribution in [0.2, 0.25) is 0 Å². The van der Waals surface area contributed by atoms with Gasteiger partial charge in [-0.3, -0.25) is 0 Å². The quantitative estimate of drug-likeness (QED) is 0.561. The Morgan fingerprint density at radius 2 is 2.18 bits per heavy atom. The van der Waals surface area contributed by atoms with Crippen LogP contribution in [0.1, 0.15) is 13.3 Å². The maximum absolute atomic E-state index is 9.10. The Balaban J connectivity index is 1.97. The molecule has 2 fully saturated rings. The highest BCUT2D eigenvalue weighted by atomic mass is 16.3. The molecule has 0 aliphatic heterocycles. The van der Waals surface area contributed by atoms with Crippen molar-refractivity contribution < 1.29 is 5.11 Å². The van der Waals surface area contributed by atoms with Gasteiger partial charge < -0.3 is 5.11 Å². The molecule has 1 N–H and O–H groups in total. The van der Waals surface area contributed by atoms with Crippen LogP contribution in [0.3, 0.4) is 0 Å². The summed E-state index contributed by atoms with van der Waals surface area (Å²) in [5.74, 6) is 3.10. The molecule has 60 valence electrons. The van der Waals surface area contributed by atoms with Crippen molar-refractivity contribution in [1.29, 1.82) is 0 Å². The molecule has 0 radical (unpaired) electrons. The summed E-state index contributed by atoms with van der Waals surface area (Å²) in [6.45, 7) is 2.79. The summed E-state index contributed by atoms with van der Waals surface area (Å²) in [5.41, 5.74) is 0.591. The summed E-state index contributed by atoms with van der Waals surface area (Å²) in [5, 5.41) is 9.10. The zero-order valence-electron chi connectivity index (χ0n) is 6.83. The van der Waals surface area contributed by atoms with E-state index in [1.165, 1.54) is 6.42 Å². The van der Waals surface area contributed by atoms with E-state index in [4.69, 9.17) is 5.11 Å². The molecule has 2 unspecified atom stereocenters. The van der Waals surface area contributed by atoms with Crippen LogP contribution in [0, 0.1) is 29.1 Å². The van der Waals surface area contributed by atoms with E-state index in [1.54, 1.807) is 0 Å². The lowest BCUT2D eigenvalue weighted by atomic mass is 9.87. The first kappa shape index (κ1) is 6.24. The van der Waals surface area contributed by atoms with Crippen molar-refractivity contribution in [2.75, 3.05) is 6.61 Å². The molecule has 3 aliphatic carbocycles. The van der Waals surface area contributed by atoms with Crippen LogP contribution >= 0.6 is 0 Å². The van der Waals surface area contributed by atoms with Crippen LogP contribution in [-0.4, -0.2) is 11.7 Å². The summed E-state index contributed by atoms with van der Waals surface area (Å²) in [6.07, 6.45) is 6.00. The van der Waals surface area contributed by atoms with Crippen molar-refractivity contribution in [1.82, 2.24) is 0 Å². The van der Waals surface area contributed by atoms with E-state index >= 15 is 0 Å². The van der Waals surface area contributed by atoms with E-state index in [0.29, 0.717) is 23.9 Å². The number of aliphatic hydroxyl groups is 1. The molecule has 0 spiro atoms. The van der Waals surface area contributed by atoms with Gasteiger partial charge in [0.2, 0.25) is 0 Å². The Labute approximate surface area is 67.1 Å². The second-order valence-corrected chi connectivity index (χ2v) is 4.59. The van der Waals surface area contributed by atoms with E-state index in [0.717, 1.165) is 11.8 Å². The van der Waals surface area contributed by atoms with Gasteiger partial charge >= 0.3 is 0 Å². The lowest BCUT2D eigenvalue weighted by Crippen LogP contribution is -2.17. The van der Waals surface area contributed by atoms with Crippen molar-refractivity contribution >= 4 is 0 Å². The fraction of sp³-hybridized carbons (Fsp3) is 0.800. The first-order chi connectivity index (χ1) is 5.28. The summed E-state index contributed by atoms with van der Waals surface area (Å²) >= 11 is 0. The Bertz CT molecular complexity index is 233. The highest BCUT2D eigenvalue weighted by Crippen LogP contribution is 2.76. The van der Waals surface area contributed by atoms with Gasteiger partial charge in [0.25, 0.3) is 0 Å². The zero-order valence-corrected chi connectivity index (χ0v) is 6.83. The molecular formula is C10H14O. The van der Waals surface area contributed by atoms with Crippen LogP contribution in [0.15, 0.2) is 12.2 Å².